The van der Waals surface area contributed by atoms with Crippen LogP contribution >= 0.6 is 0 Å². The zero-order valence-electron chi connectivity index (χ0n) is 20.1. The summed E-state index contributed by atoms with van der Waals surface area (Å²) in [5.41, 5.74) is 4.15. The number of halogens is 1. The van der Waals surface area contributed by atoms with Crippen LogP contribution in [0.25, 0.3) is 11.0 Å². The number of para-hydroxylation sites is 2. The molecule has 182 valence electrons. The minimum absolute atomic E-state index is 0.163. The molecule has 0 aliphatic carbocycles. The summed E-state index contributed by atoms with van der Waals surface area (Å²) in [6.45, 7) is 3.50. The van der Waals surface area contributed by atoms with Gasteiger partial charge in [0.05, 0.1) is 18.1 Å². The molecule has 3 aromatic carbocycles. The van der Waals surface area contributed by atoms with Gasteiger partial charge in [-0.3, -0.25) is 0 Å². The molecule has 1 aliphatic heterocycles. The van der Waals surface area contributed by atoms with Gasteiger partial charge in [0.15, 0.2) is 0 Å². The van der Waals surface area contributed by atoms with E-state index in [1.165, 1.54) is 17.7 Å². The summed E-state index contributed by atoms with van der Waals surface area (Å²) in [6, 6.07) is 22.8. The van der Waals surface area contributed by atoms with Crippen molar-refractivity contribution in [1.82, 2.24) is 14.5 Å². The first-order valence-corrected chi connectivity index (χ1v) is 12.3. The maximum atomic E-state index is 13.4. The molecule has 5 nitrogen and oxygen atoms in total. The van der Waals surface area contributed by atoms with Crippen molar-refractivity contribution in [2.45, 2.75) is 31.9 Å². The molecule has 0 spiro atoms. The van der Waals surface area contributed by atoms with E-state index in [4.69, 9.17) is 9.72 Å². The van der Waals surface area contributed by atoms with Crippen molar-refractivity contribution >= 4 is 11.0 Å². The highest BCUT2D eigenvalue weighted by Crippen LogP contribution is 2.33. The predicted molar refractivity (Wildman–Crippen MR) is 136 cm³/mol. The summed E-state index contributed by atoms with van der Waals surface area (Å²) < 4.78 is 20.7. The first-order valence-electron chi connectivity index (χ1n) is 12.3. The fraction of sp³-hybridized carbons (Fsp3) is 0.345. The van der Waals surface area contributed by atoms with Crippen LogP contribution in [0.1, 0.15) is 35.9 Å². The van der Waals surface area contributed by atoms with Gasteiger partial charge in [0.25, 0.3) is 0 Å². The third-order valence-corrected chi connectivity index (χ3v) is 7.16. The van der Waals surface area contributed by atoms with E-state index in [0.29, 0.717) is 12.4 Å². The normalized spacial score (nSPS) is 16.0. The van der Waals surface area contributed by atoms with Gasteiger partial charge in [0.1, 0.15) is 23.5 Å². The highest BCUT2D eigenvalue weighted by atomic mass is 19.1. The number of fused-ring (bicyclic) bond motifs is 1. The van der Waals surface area contributed by atoms with Crippen LogP contribution in [0.4, 0.5) is 4.39 Å². The third kappa shape index (κ3) is 5.39. The summed E-state index contributed by atoms with van der Waals surface area (Å²) in [7, 11) is 1.69. The number of benzene rings is 3. The Morgan fingerprint density at radius 3 is 2.37 bits per heavy atom. The molecule has 6 heteroatoms. The zero-order chi connectivity index (χ0) is 24.2. The van der Waals surface area contributed by atoms with Gasteiger partial charge < -0.3 is 19.3 Å². The fourth-order valence-electron chi connectivity index (χ4n) is 5.04. The Morgan fingerprint density at radius 2 is 1.66 bits per heavy atom. The molecular formula is C29H32FN3O2. The number of ether oxygens (including phenoxy) is 1. The van der Waals surface area contributed by atoms with Gasteiger partial charge >= 0.3 is 0 Å². The number of aliphatic hydroxyl groups is 1. The highest BCUT2D eigenvalue weighted by Gasteiger charge is 2.30. The Balaban J connectivity index is 1.25. The van der Waals surface area contributed by atoms with Crippen LogP contribution in [0.2, 0.25) is 0 Å². The average molecular weight is 474 g/mol. The Hall–Kier alpha value is -3.22. The number of rotatable bonds is 8. The lowest BCUT2D eigenvalue weighted by Crippen LogP contribution is -2.37. The van der Waals surface area contributed by atoms with E-state index in [9.17, 15) is 9.50 Å². The van der Waals surface area contributed by atoms with E-state index in [1.807, 2.05) is 36.4 Å². The third-order valence-electron chi connectivity index (χ3n) is 7.16. The van der Waals surface area contributed by atoms with Crippen LogP contribution in [0, 0.1) is 11.7 Å². The standard InChI is InChI=1S/C29H32FN3O2/c1-35-25-12-8-21(9-13-25)14-17-32-18-15-23(16-19-32)28(34)29-31-26-4-2-3-5-27(26)33(29)20-22-6-10-24(30)11-7-22/h2-13,23,28,34H,14-20H2,1H3. The minimum atomic E-state index is -0.633. The van der Waals surface area contributed by atoms with E-state index in [-0.39, 0.29) is 11.7 Å². The Kier molecular flexibility index (Phi) is 7.11. The summed E-state index contributed by atoms with van der Waals surface area (Å²) >= 11 is 0. The van der Waals surface area contributed by atoms with Crippen molar-refractivity contribution in [3.63, 3.8) is 0 Å². The SMILES string of the molecule is COc1ccc(CCN2CCC(C(O)c3nc4ccccc4n3Cc3ccc(F)cc3)CC2)cc1. The van der Waals surface area contributed by atoms with Crippen molar-refractivity contribution in [1.29, 1.82) is 0 Å². The second kappa shape index (κ2) is 10.6. The Bertz CT molecular complexity index is 1250. The van der Waals surface area contributed by atoms with Crippen molar-refractivity contribution in [2.24, 2.45) is 5.92 Å². The van der Waals surface area contributed by atoms with Crippen molar-refractivity contribution in [3.8, 4) is 5.75 Å². The fourth-order valence-corrected chi connectivity index (χ4v) is 5.04. The predicted octanol–water partition coefficient (Wildman–Crippen LogP) is 5.22. The molecule has 1 aliphatic rings. The lowest BCUT2D eigenvalue weighted by atomic mass is 9.90. The van der Waals surface area contributed by atoms with Gasteiger partial charge in [-0.25, -0.2) is 9.37 Å². The summed E-state index contributed by atoms with van der Waals surface area (Å²) in [6.07, 6.45) is 2.24. The second-order valence-corrected chi connectivity index (χ2v) is 9.39. The van der Waals surface area contributed by atoms with Crippen molar-refractivity contribution < 1.29 is 14.2 Å². The molecule has 1 fully saturated rings. The van der Waals surface area contributed by atoms with Crippen molar-refractivity contribution in [3.05, 3.63) is 95.6 Å². The molecular weight excluding hydrogens is 441 g/mol. The number of piperidine rings is 1. The number of hydrogen-bond acceptors (Lipinski definition) is 4. The molecule has 0 radical (unpaired) electrons. The first kappa shape index (κ1) is 23.5. The summed E-state index contributed by atoms with van der Waals surface area (Å²) in [5, 5.41) is 11.4. The topological polar surface area (TPSA) is 50.5 Å². The molecule has 1 unspecified atom stereocenters. The number of hydrogen-bond donors (Lipinski definition) is 1. The van der Waals surface area contributed by atoms with Gasteiger partial charge in [-0.05, 0) is 85.8 Å². The molecule has 4 aromatic rings. The van der Waals surface area contributed by atoms with Crippen LogP contribution in [-0.4, -0.2) is 46.3 Å². The van der Waals surface area contributed by atoms with Crippen LogP contribution in [0.15, 0.2) is 72.8 Å². The van der Waals surface area contributed by atoms with Crippen LogP contribution in [0.3, 0.4) is 0 Å². The highest BCUT2D eigenvalue weighted by molar-refractivity contribution is 5.76. The number of imidazole rings is 1. The van der Waals surface area contributed by atoms with E-state index in [1.54, 1.807) is 19.2 Å². The van der Waals surface area contributed by atoms with Crippen molar-refractivity contribution in [2.75, 3.05) is 26.7 Å². The molecule has 0 bridgehead atoms. The van der Waals surface area contributed by atoms with E-state index in [2.05, 4.69) is 21.6 Å². The molecule has 2 heterocycles. The number of aliphatic hydroxyl groups excluding tert-OH is 1. The van der Waals surface area contributed by atoms with Crippen LogP contribution in [-0.2, 0) is 13.0 Å². The number of aromatic nitrogens is 2. The smallest absolute Gasteiger partial charge is 0.139 e. The molecule has 35 heavy (non-hydrogen) atoms. The van der Waals surface area contributed by atoms with E-state index in [0.717, 1.165) is 61.2 Å². The zero-order valence-corrected chi connectivity index (χ0v) is 20.1. The Morgan fingerprint density at radius 1 is 0.971 bits per heavy atom. The quantitative estimate of drug-likeness (QED) is 0.381. The minimum Gasteiger partial charge on any atom is -0.497 e. The monoisotopic (exact) mass is 473 g/mol. The molecule has 1 N–H and O–H groups in total. The molecule has 1 saturated heterocycles. The maximum Gasteiger partial charge on any atom is 0.139 e. The van der Waals surface area contributed by atoms with Crippen LogP contribution in [0.5, 0.6) is 5.75 Å². The lowest BCUT2D eigenvalue weighted by Gasteiger charge is -2.34. The average Bonchev–Trinajstić information content (AvgIpc) is 3.27. The van der Waals surface area contributed by atoms with E-state index >= 15 is 0 Å². The second-order valence-electron chi connectivity index (χ2n) is 9.39. The largest absolute Gasteiger partial charge is 0.497 e. The van der Waals surface area contributed by atoms with Gasteiger partial charge in [0, 0.05) is 13.1 Å². The van der Waals surface area contributed by atoms with Crippen LogP contribution < -0.4 is 4.74 Å². The van der Waals surface area contributed by atoms with Gasteiger partial charge in [0.2, 0.25) is 0 Å². The Labute approximate surface area is 205 Å². The number of methoxy groups -OCH3 is 1. The summed E-state index contributed by atoms with van der Waals surface area (Å²) in [4.78, 5) is 7.31. The molecule has 1 atom stereocenters. The molecule has 5 rings (SSSR count). The first-order chi connectivity index (χ1) is 17.1. The number of nitrogens with zero attached hydrogens (tertiary/aromatic N) is 3. The van der Waals surface area contributed by atoms with Gasteiger partial charge in [-0.2, -0.15) is 0 Å². The molecule has 0 saturated carbocycles. The molecule has 0 amide bonds. The van der Waals surface area contributed by atoms with Gasteiger partial charge in [-0.1, -0.05) is 36.4 Å². The summed E-state index contributed by atoms with van der Waals surface area (Å²) in [5.74, 6) is 1.50. The lowest BCUT2D eigenvalue weighted by molar-refractivity contribution is 0.0514. The van der Waals surface area contributed by atoms with E-state index < -0.39 is 6.10 Å². The maximum absolute atomic E-state index is 13.4. The molecule has 1 aromatic heterocycles. The van der Waals surface area contributed by atoms with Gasteiger partial charge in [-0.15, -0.1) is 0 Å². The number of likely N-dealkylation sites (tertiary alicyclic amines) is 1.